The summed E-state index contributed by atoms with van der Waals surface area (Å²) in [6.45, 7) is 0.853. The van der Waals surface area contributed by atoms with E-state index in [-0.39, 0.29) is 5.56 Å². The highest BCUT2D eigenvalue weighted by Crippen LogP contribution is 2.25. The van der Waals surface area contributed by atoms with Crippen molar-refractivity contribution in [3.8, 4) is 11.1 Å². The van der Waals surface area contributed by atoms with Gasteiger partial charge in [-0.05, 0) is 48.7 Å². The molecule has 0 atom stereocenters. The Kier molecular flexibility index (Phi) is 4.63. The number of hydrogen-bond donors (Lipinski definition) is 2. The molecule has 1 aliphatic rings. The van der Waals surface area contributed by atoms with Crippen molar-refractivity contribution in [1.29, 1.82) is 0 Å². The number of pyridine rings is 1. The first-order valence-electron chi connectivity index (χ1n) is 8.69. The molecule has 3 nitrogen and oxygen atoms in total. The second kappa shape index (κ2) is 7.22. The summed E-state index contributed by atoms with van der Waals surface area (Å²) < 4.78 is 27.3. The molecule has 132 valence electrons. The lowest BCUT2D eigenvalue weighted by Crippen LogP contribution is -2.15. The van der Waals surface area contributed by atoms with Crippen molar-refractivity contribution in [3.05, 3.63) is 78.0 Å². The van der Waals surface area contributed by atoms with E-state index in [0.717, 1.165) is 18.3 Å². The molecule has 0 saturated heterocycles. The lowest BCUT2D eigenvalue weighted by atomic mass is 10.1. The van der Waals surface area contributed by atoms with Crippen LogP contribution in [-0.4, -0.2) is 11.0 Å². The Morgan fingerprint density at radius 3 is 2.62 bits per heavy atom. The van der Waals surface area contributed by atoms with Gasteiger partial charge in [0.05, 0.1) is 0 Å². The van der Waals surface area contributed by atoms with Crippen LogP contribution in [-0.2, 0) is 6.54 Å². The minimum Gasteiger partial charge on any atom is -0.340 e. The van der Waals surface area contributed by atoms with Gasteiger partial charge in [0.15, 0.2) is 11.6 Å². The fourth-order valence-electron chi connectivity index (χ4n) is 2.81. The second-order valence-electron chi connectivity index (χ2n) is 6.51. The Morgan fingerprint density at radius 2 is 1.85 bits per heavy atom. The summed E-state index contributed by atoms with van der Waals surface area (Å²) >= 11 is 0. The maximum atomic E-state index is 13.9. The molecule has 0 radical (unpaired) electrons. The first-order valence-corrected chi connectivity index (χ1v) is 8.69. The smallest absolute Gasteiger partial charge is 0.166 e. The van der Waals surface area contributed by atoms with E-state index in [1.807, 2.05) is 12.1 Å². The molecule has 0 aliphatic heterocycles. The molecular formula is C21H19F2N3. The van der Waals surface area contributed by atoms with Gasteiger partial charge in [-0.15, -0.1) is 0 Å². The molecule has 5 heteroatoms. The van der Waals surface area contributed by atoms with Gasteiger partial charge in [0.2, 0.25) is 0 Å². The van der Waals surface area contributed by atoms with Gasteiger partial charge in [0.25, 0.3) is 0 Å². The van der Waals surface area contributed by atoms with Crippen molar-refractivity contribution in [2.45, 2.75) is 25.4 Å². The number of halogens is 2. The predicted molar refractivity (Wildman–Crippen MR) is 99.2 cm³/mol. The van der Waals surface area contributed by atoms with Gasteiger partial charge in [0.1, 0.15) is 5.82 Å². The number of nitrogens with one attached hydrogen (secondary N) is 2. The van der Waals surface area contributed by atoms with Crippen LogP contribution in [0.5, 0.6) is 0 Å². The highest BCUT2D eigenvalue weighted by atomic mass is 19.2. The monoisotopic (exact) mass is 351 g/mol. The minimum absolute atomic E-state index is 0.206. The van der Waals surface area contributed by atoms with E-state index in [1.165, 1.54) is 24.5 Å². The minimum atomic E-state index is -0.860. The Balaban J connectivity index is 1.47. The highest BCUT2D eigenvalue weighted by Gasteiger charge is 2.19. The van der Waals surface area contributed by atoms with Crippen LogP contribution in [0.25, 0.3) is 11.1 Å². The van der Waals surface area contributed by atoms with E-state index < -0.39 is 11.6 Å². The van der Waals surface area contributed by atoms with Crippen LogP contribution >= 0.6 is 0 Å². The molecule has 1 aliphatic carbocycles. The highest BCUT2D eigenvalue weighted by molar-refractivity contribution is 5.66. The van der Waals surface area contributed by atoms with Gasteiger partial charge >= 0.3 is 0 Å². The molecule has 0 amide bonds. The van der Waals surface area contributed by atoms with Crippen LogP contribution in [0, 0.1) is 11.6 Å². The van der Waals surface area contributed by atoms with Gasteiger partial charge in [-0.3, -0.25) is 0 Å². The Hall–Kier alpha value is -2.79. The molecule has 1 heterocycles. The maximum absolute atomic E-state index is 13.9. The zero-order valence-corrected chi connectivity index (χ0v) is 14.2. The number of rotatable bonds is 6. The molecule has 0 spiro atoms. The first kappa shape index (κ1) is 16.7. The number of hydrogen-bond acceptors (Lipinski definition) is 3. The lowest BCUT2D eigenvalue weighted by Gasteiger charge is -2.09. The fraction of sp³-hybridized carbons (Fsp3) is 0.190. The van der Waals surface area contributed by atoms with Crippen LogP contribution < -0.4 is 10.6 Å². The van der Waals surface area contributed by atoms with Gasteiger partial charge < -0.3 is 10.6 Å². The Bertz CT molecular complexity index is 905. The zero-order valence-electron chi connectivity index (χ0n) is 14.2. The molecule has 1 saturated carbocycles. The lowest BCUT2D eigenvalue weighted by molar-refractivity contribution is 0.511. The normalized spacial score (nSPS) is 13.6. The molecule has 2 aromatic carbocycles. The topological polar surface area (TPSA) is 37.0 Å². The summed E-state index contributed by atoms with van der Waals surface area (Å²) in [6.07, 6.45) is 4.07. The Labute approximate surface area is 151 Å². The van der Waals surface area contributed by atoms with Crippen molar-refractivity contribution < 1.29 is 8.78 Å². The molecule has 0 unspecified atom stereocenters. The fourth-order valence-corrected chi connectivity index (χ4v) is 2.81. The van der Waals surface area contributed by atoms with E-state index in [0.29, 0.717) is 17.4 Å². The number of anilines is 2. The summed E-state index contributed by atoms with van der Waals surface area (Å²) in [5.74, 6) is -1.06. The third-order valence-electron chi connectivity index (χ3n) is 4.40. The molecule has 1 fully saturated rings. The van der Waals surface area contributed by atoms with Crippen molar-refractivity contribution >= 4 is 11.5 Å². The molecule has 3 aromatic rings. The van der Waals surface area contributed by atoms with Gasteiger partial charge in [-0.1, -0.05) is 24.3 Å². The number of nitrogens with zero attached hydrogens (tertiary/aromatic N) is 1. The van der Waals surface area contributed by atoms with Crippen LogP contribution in [0.2, 0.25) is 0 Å². The average molecular weight is 351 g/mol. The Morgan fingerprint density at radius 1 is 1.00 bits per heavy atom. The molecule has 0 bridgehead atoms. The summed E-state index contributed by atoms with van der Waals surface area (Å²) in [6, 6.07) is 16.4. The van der Waals surface area contributed by atoms with Crippen molar-refractivity contribution in [1.82, 2.24) is 10.3 Å². The van der Waals surface area contributed by atoms with E-state index in [2.05, 4.69) is 27.8 Å². The molecule has 2 N–H and O–H groups in total. The van der Waals surface area contributed by atoms with Crippen LogP contribution in [0.4, 0.5) is 20.3 Å². The number of benzene rings is 2. The summed E-state index contributed by atoms with van der Waals surface area (Å²) in [4.78, 5) is 4.32. The zero-order chi connectivity index (χ0) is 17.9. The molecule has 26 heavy (non-hydrogen) atoms. The van der Waals surface area contributed by atoms with Gasteiger partial charge in [-0.2, -0.15) is 0 Å². The third-order valence-corrected chi connectivity index (χ3v) is 4.40. The van der Waals surface area contributed by atoms with Gasteiger partial charge in [0, 0.05) is 35.6 Å². The standard InChI is InChI=1S/C21H19F2N3/c22-19-6-2-5-18(21(19)23)15-7-10-20(25-13-15)26-17-4-1-3-14(11-17)12-24-16-8-9-16/h1-7,10-11,13,16,24H,8-9,12H2,(H,25,26). The largest absolute Gasteiger partial charge is 0.340 e. The number of aromatic nitrogens is 1. The van der Waals surface area contributed by atoms with Crippen LogP contribution in [0.3, 0.4) is 0 Å². The second-order valence-corrected chi connectivity index (χ2v) is 6.51. The van der Waals surface area contributed by atoms with Crippen molar-refractivity contribution in [3.63, 3.8) is 0 Å². The van der Waals surface area contributed by atoms with Crippen molar-refractivity contribution in [2.75, 3.05) is 5.32 Å². The van der Waals surface area contributed by atoms with Crippen LogP contribution in [0.15, 0.2) is 60.8 Å². The third kappa shape index (κ3) is 3.89. The quantitative estimate of drug-likeness (QED) is 0.654. The average Bonchev–Trinajstić information content (AvgIpc) is 3.48. The summed E-state index contributed by atoms with van der Waals surface area (Å²) in [7, 11) is 0. The van der Waals surface area contributed by atoms with Crippen LogP contribution in [0.1, 0.15) is 18.4 Å². The molecule has 1 aromatic heterocycles. The first-order chi connectivity index (χ1) is 12.7. The van der Waals surface area contributed by atoms with E-state index in [9.17, 15) is 8.78 Å². The van der Waals surface area contributed by atoms with E-state index in [1.54, 1.807) is 24.4 Å². The predicted octanol–water partition coefficient (Wildman–Crippen LogP) is 5.02. The SMILES string of the molecule is Fc1cccc(-c2ccc(Nc3cccc(CNC4CC4)c3)nc2)c1F. The van der Waals surface area contributed by atoms with Gasteiger partial charge in [-0.25, -0.2) is 13.8 Å². The summed E-state index contributed by atoms with van der Waals surface area (Å²) in [5.41, 5.74) is 2.89. The van der Waals surface area contributed by atoms with E-state index >= 15 is 0 Å². The van der Waals surface area contributed by atoms with E-state index in [4.69, 9.17) is 0 Å². The molecular weight excluding hydrogens is 332 g/mol. The molecule has 4 rings (SSSR count). The van der Waals surface area contributed by atoms with Crippen molar-refractivity contribution in [2.24, 2.45) is 0 Å². The maximum Gasteiger partial charge on any atom is 0.166 e. The summed E-state index contributed by atoms with van der Waals surface area (Å²) in [5, 5.41) is 6.74.